The number of benzene rings is 1. The molecule has 0 radical (unpaired) electrons. The molecule has 0 aliphatic carbocycles. The van der Waals surface area contributed by atoms with Crippen LogP contribution in [0.25, 0.3) is 10.2 Å². The van der Waals surface area contributed by atoms with Crippen LogP contribution in [0.15, 0.2) is 24.5 Å². The fourth-order valence-corrected chi connectivity index (χ4v) is 3.76. The van der Waals surface area contributed by atoms with Crippen LogP contribution in [0.5, 0.6) is 5.75 Å². The molecule has 0 unspecified atom stereocenters. The quantitative estimate of drug-likeness (QED) is 0.748. The molecule has 5 heteroatoms. The van der Waals surface area contributed by atoms with E-state index >= 15 is 0 Å². The largest absolute Gasteiger partial charge is 0.496 e. The van der Waals surface area contributed by atoms with Crippen molar-refractivity contribution in [2.75, 3.05) is 12.4 Å². The van der Waals surface area contributed by atoms with Gasteiger partial charge in [0.15, 0.2) is 0 Å². The van der Waals surface area contributed by atoms with Crippen LogP contribution < -0.4 is 10.1 Å². The van der Waals surface area contributed by atoms with Gasteiger partial charge in [0.25, 0.3) is 0 Å². The van der Waals surface area contributed by atoms with Gasteiger partial charge in [0, 0.05) is 10.4 Å². The van der Waals surface area contributed by atoms with Gasteiger partial charge in [-0.3, -0.25) is 0 Å². The molecule has 2 aromatic heterocycles. The molecule has 120 valence electrons. The van der Waals surface area contributed by atoms with Crippen LogP contribution in [-0.4, -0.2) is 17.1 Å². The average molecular weight is 327 g/mol. The van der Waals surface area contributed by atoms with Gasteiger partial charge in [0.05, 0.1) is 18.5 Å². The first-order valence-electron chi connectivity index (χ1n) is 7.63. The molecule has 1 atom stereocenters. The van der Waals surface area contributed by atoms with Crippen molar-refractivity contribution in [2.24, 2.45) is 0 Å². The Balaban J connectivity index is 2.01. The van der Waals surface area contributed by atoms with Crippen LogP contribution in [0.3, 0.4) is 0 Å². The van der Waals surface area contributed by atoms with Gasteiger partial charge in [-0.2, -0.15) is 0 Å². The standard InChI is InChI=1S/C18H21N3OS/c1-10-6-7-15(22-5)14(8-10)12(3)21-17-16-11(2)13(4)23-18(16)20-9-19-17/h6-9,12H,1-5H3,(H,19,20,21)/t12-/m0/s1. The highest BCUT2D eigenvalue weighted by atomic mass is 32.1. The van der Waals surface area contributed by atoms with Crippen molar-refractivity contribution < 1.29 is 4.74 Å². The molecule has 1 N–H and O–H groups in total. The molecule has 0 fully saturated rings. The Bertz CT molecular complexity index is 857. The summed E-state index contributed by atoms with van der Waals surface area (Å²) in [6.45, 7) is 8.46. The number of aromatic nitrogens is 2. The molecule has 0 saturated carbocycles. The summed E-state index contributed by atoms with van der Waals surface area (Å²) >= 11 is 1.71. The van der Waals surface area contributed by atoms with E-state index in [4.69, 9.17) is 4.74 Å². The molecule has 3 rings (SSSR count). The minimum atomic E-state index is 0.0857. The zero-order chi connectivity index (χ0) is 16.6. The van der Waals surface area contributed by atoms with Crippen molar-refractivity contribution in [2.45, 2.75) is 33.7 Å². The highest BCUT2D eigenvalue weighted by Crippen LogP contribution is 2.35. The lowest BCUT2D eigenvalue weighted by Crippen LogP contribution is -2.10. The number of nitrogens with one attached hydrogen (secondary N) is 1. The summed E-state index contributed by atoms with van der Waals surface area (Å²) in [5.41, 5.74) is 3.59. The van der Waals surface area contributed by atoms with Gasteiger partial charge in [-0.05, 0) is 39.3 Å². The Morgan fingerprint density at radius 3 is 2.70 bits per heavy atom. The Morgan fingerprint density at radius 2 is 1.96 bits per heavy atom. The number of fused-ring (bicyclic) bond motifs is 1. The third-order valence-corrected chi connectivity index (χ3v) is 5.29. The molecule has 4 nitrogen and oxygen atoms in total. The highest BCUT2D eigenvalue weighted by molar-refractivity contribution is 7.18. The van der Waals surface area contributed by atoms with Gasteiger partial charge < -0.3 is 10.1 Å². The Hall–Kier alpha value is -2.14. The second-order valence-corrected chi connectivity index (χ2v) is 7.00. The monoisotopic (exact) mass is 327 g/mol. The third kappa shape index (κ3) is 2.88. The molecule has 0 amide bonds. The van der Waals surface area contributed by atoms with Crippen LogP contribution in [0.1, 0.15) is 34.5 Å². The average Bonchev–Trinajstić information content (AvgIpc) is 2.83. The van der Waals surface area contributed by atoms with E-state index in [2.05, 4.69) is 55.1 Å². The minimum absolute atomic E-state index is 0.0857. The van der Waals surface area contributed by atoms with Crippen LogP contribution in [0.2, 0.25) is 0 Å². The molecule has 3 aromatic rings. The summed E-state index contributed by atoms with van der Waals surface area (Å²) in [7, 11) is 1.70. The first-order chi connectivity index (χ1) is 11.0. The normalized spacial score (nSPS) is 12.4. The molecule has 0 aliphatic heterocycles. The van der Waals surface area contributed by atoms with E-state index in [-0.39, 0.29) is 6.04 Å². The Labute approximate surface area is 140 Å². The van der Waals surface area contributed by atoms with Gasteiger partial charge in [-0.15, -0.1) is 11.3 Å². The number of thiophene rings is 1. The smallest absolute Gasteiger partial charge is 0.138 e. The summed E-state index contributed by atoms with van der Waals surface area (Å²) in [5, 5.41) is 4.65. The Morgan fingerprint density at radius 1 is 1.17 bits per heavy atom. The first-order valence-corrected chi connectivity index (χ1v) is 8.44. The van der Waals surface area contributed by atoms with Gasteiger partial charge in [0.2, 0.25) is 0 Å². The van der Waals surface area contributed by atoms with Gasteiger partial charge >= 0.3 is 0 Å². The summed E-state index contributed by atoms with van der Waals surface area (Å²) in [6, 6.07) is 6.31. The maximum absolute atomic E-state index is 5.50. The second-order valence-electron chi connectivity index (χ2n) is 5.80. The molecular weight excluding hydrogens is 306 g/mol. The fourth-order valence-electron chi connectivity index (χ4n) is 2.77. The van der Waals surface area contributed by atoms with E-state index in [1.54, 1.807) is 24.8 Å². The number of hydrogen-bond acceptors (Lipinski definition) is 5. The van der Waals surface area contributed by atoms with Crippen LogP contribution in [-0.2, 0) is 0 Å². The molecular formula is C18H21N3OS. The van der Waals surface area contributed by atoms with Gasteiger partial charge in [-0.1, -0.05) is 17.7 Å². The molecule has 0 aliphatic rings. The number of aryl methyl sites for hydroxylation is 3. The molecule has 0 bridgehead atoms. The number of nitrogens with zero attached hydrogens (tertiary/aromatic N) is 2. The lowest BCUT2D eigenvalue weighted by molar-refractivity contribution is 0.408. The number of rotatable bonds is 4. The van der Waals surface area contributed by atoms with Crippen LogP contribution in [0.4, 0.5) is 5.82 Å². The highest BCUT2D eigenvalue weighted by Gasteiger charge is 2.16. The number of ether oxygens (including phenoxy) is 1. The van der Waals surface area contributed by atoms with Crippen molar-refractivity contribution in [3.05, 3.63) is 46.1 Å². The summed E-state index contributed by atoms with van der Waals surface area (Å²) in [6.07, 6.45) is 1.63. The fraction of sp³-hybridized carbons (Fsp3) is 0.333. The van der Waals surface area contributed by atoms with Crippen molar-refractivity contribution in [1.82, 2.24) is 9.97 Å². The van der Waals surface area contributed by atoms with Crippen molar-refractivity contribution in [3.63, 3.8) is 0 Å². The van der Waals surface area contributed by atoms with Crippen molar-refractivity contribution in [1.29, 1.82) is 0 Å². The predicted octanol–water partition coefficient (Wildman–Crippen LogP) is 4.80. The second kappa shape index (κ2) is 6.16. The topological polar surface area (TPSA) is 47.0 Å². The lowest BCUT2D eigenvalue weighted by Gasteiger charge is -2.19. The van der Waals surface area contributed by atoms with E-state index in [9.17, 15) is 0 Å². The Kier molecular flexibility index (Phi) is 4.22. The van der Waals surface area contributed by atoms with E-state index in [0.29, 0.717) is 0 Å². The van der Waals surface area contributed by atoms with E-state index in [1.165, 1.54) is 16.0 Å². The summed E-state index contributed by atoms with van der Waals surface area (Å²) in [5.74, 6) is 1.77. The molecule has 2 heterocycles. The molecule has 0 spiro atoms. The van der Waals surface area contributed by atoms with E-state index < -0.39 is 0 Å². The van der Waals surface area contributed by atoms with E-state index in [1.807, 2.05) is 6.07 Å². The maximum Gasteiger partial charge on any atom is 0.138 e. The van der Waals surface area contributed by atoms with Gasteiger partial charge in [-0.25, -0.2) is 9.97 Å². The van der Waals surface area contributed by atoms with Crippen LogP contribution in [0, 0.1) is 20.8 Å². The maximum atomic E-state index is 5.50. The SMILES string of the molecule is COc1ccc(C)cc1[C@H](C)Nc1ncnc2sc(C)c(C)c12. The molecule has 23 heavy (non-hydrogen) atoms. The number of anilines is 1. The molecule has 0 saturated heterocycles. The third-order valence-electron chi connectivity index (χ3n) is 4.17. The summed E-state index contributed by atoms with van der Waals surface area (Å²) < 4.78 is 5.50. The minimum Gasteiger partial charge on any atom is -0.496 e. The van der Waals surface area contributed by atoms with Crippen molar-refractivity contribution in [3.8, 4) is 5.75 Å². The molecule has 1 aromatic carbocycles. The zero-order valence-electron chi connectivity index (χ0n) is 14.1. The number of hydrogen-bond donors (Lipinski definition) is 1. The predicted molar refractivity (Wildman–Crippen MR) is 96.7 cm³/mol. The van der Waals surface area contributed by atoms with Gasteiger partial charge in [0.1, 0.15) is 22.7 Å². The van der Waals surface area contributed by atoms with Crippen molar-refractivity contribution >= 4 is 27.4 Å². The number of methoxy groups -OCH3 is 1. The summed E-state index contributed by atoms with van der Waals surface area (Å²) in [4.78, 5) is 11.2. The zero-order valence-corrected chi connectivity index (χ0v) is 14.9. The lowest BCUT2D eigenvalue weighted by atomic mass is 10.0. The first kappa shape index (κ1) is 15.7. The van der Waals surface area contributed by atoms with E-state index in [0.717, 1.165) is 27.3 Å². The van der Waals surface area contributed by atoms with Crippen LogP contribution >= 0.6 is 11.3 Å².